The zero-order chi connectivity index (χ0) is 23.9. The van der Waals surface area contributed by atoms with E-state index >= 15 is 0 Å². The van der Waals surface area contributed by atoms with Gasteiger partial charge in [-0.2, -0.15) is 9.78 Å². The molecule has 1 amide bonds. The minimum Gasteiger partial charge on any atom is -0.484 e. The molecule has 2 aromatic carbocycles. The number of carbonyl (C=O) groups is 2. The summed E-state index contributed by atoms with van der Waals surface area (Å²) in [4.78, 5) is 29.8. The number of carbonyl (C=O) groups excluding carboxylic acids is 2. The molecule has 0 atom stereocenters. The average molecular weight is 459 g/mol. The van der Waals surface area contributed by atoms with Crippen LogP contribution >= 0.6 is 0 Å². The van der Waals surface area contributed by atoms with Gasteiger partial charge in [0.25, 0.3) is 5.91 Å². The molecular formula is C26H26N4O4. The maximum atomic E-state index is 12.7. The van der Waals surface area contributed by atoms with Crippen molar-refractivity contribution < 1.29 is 19.1 Å². The van der Waals surface area contributed by atoms with Gasteiger partial charge in [0.15, 0.2) is 18.2 Å². The van der Waals surface area contributed by atoms with Gasteiger partial charge in [-0.1, -0.05) is 43.7 Å². The lowest BCUT2D eigenvalue weighted by molar-refractivity contribution is -0.118. The Hall–Kier alpha value is -4.20. The summed E-state index contributed by atoms with van der Waals surface area (Å²) in [6.07, 6.45) is 3.41. The molecule has 8 heteroatoms. The van der Waals surface area contributed by atoms with E-state index in [4.69, 9.17) is 9.47 Å². The molecular weight excluding hydrogens is 432 g/mol. The standard InChI is InChI=1S/C26H26N4O4/c1-3-7-18-10-13-20(14-11-18)34-17-24(31)29-25-21(26(32)33-4-2)16-27-30(25)23-15-12-19-8-5-6-9-22(19)28-23/h5-6,8-16H,3-4,7,17H2,1-2H3,(H,29,31). The number of hydrogen-bond donors (Lipinski definition) is 1. The van der Waals surface area contributed by atoms with Gasteiger partial charge < -0.3 is 14.8 Å². The van der Waals surface area contributed by atoms with Crippen LogP contribution in [0, 0.1) is 0 Å². The van der Waals surface area contributed by atoms with Gasteiger partial charge in [0.2, 0.25) is 0 Å². The van der Waals surface area contributed by atoms with E-state index in [1.807, 2.05) is 54.6 Å². The van der Waals surface area contributed by atoms with Crippen LogP contribution in [0.3, 0.4) is 0 Å². The summed E-state index contributed by atoms with van der Waals surface area (Å²) < 4.78 is 12.2. The van der Waals surface area contributed by atoms with Crippen molar-refractivity contribution in [1.82, 2.24) is 14.8 Å². The van der Waals surface area contributed by atoms with Crippen LogP contribution in [0.4, 0.5) is 5.82 Å². The molecule has 4 aromatic rings. The maximum absolute atomic E-state index is 12.7. The highest BCUT2D eigenvalue weighted by atomic mass is 16.5. The van der Waals surface area contributed by atoms with E-state index in [9.17, 15) is 9.59 Å². The summed E-state index contributed by atoms with van der Waals surface area (Å²) >= 11 is 0. The van der Waals surface area contributed by atoms with E-state index in [0.29, 0.717) is 11.6 Å². The predicted molar refractivity (Wildman–Crippen MR) is 129 cm³/mol. The van der Waals surface area contributed by atoms with Gasteiger partial charge in [-0.25, -0.2) is 9.78 Å². The van der Waals surface area contributed by atoms with Crippen LogP contribution in [0.25, 0.3) is 16.7 Å². The Morgan fingerprint density at radius 2 is 1.79 bits per heavy atom. The van der Waals surface area contributed by atoms with Gasteiger partial charge in [0.05, 0.1) is 18.3 Å². The molecule has 0 unspecified atom stereocenters. The topological polar surface area (TPSA) is 95.3 Å². The van der Waals surface area contributed by atoms with Gasteiger partial charge >= 0.3 is 5.97 Å². The first kappa shape index (κ1) is 23.0. The first-order valence-corrected chi connectivity index (χ1v) is 11.2. The first-order valence-electron chi connectivity index (χ1n) is 11.2. The zero-order valence-electron chi connectivity index (χ0n) is 19.2. The Morgan fingerprint density at radius 1 is 1.00 bits per heavy atom. The number of ether oxygens (including phenoxy) is 2. The van der Waals surface area contributed by atoms with E-state index in [1.165, 1.54) is 16.4 Å². The number of para-hydroxylation sites is 1. The summed E-state index contributed by atoms with van der Waals surface area (Å²) in [6, 6.07) is 19.0. The van der Waals surface area contributed by atoms with Crippen LogP contribution < -0.4 is 10.1 Å². The molecule has 0 saturated heterocycles. The number of hydrogen-bond acceptors (Lipinski definition) is 6. The molecule has 0 fully saturated rings. The molecule has 0 bridgehead atoms. The lowest BCUT2D eigenvalue weighted by atomic mass is 10.1. The van der Waals surface area contributed by atoms with Crippen molar-refractivity contribution in [3.63, 3.8) is 0 Å². The van der Waals surface area contributed by atoms with Crippen molar-refractivity contribution in [2.24, 2.45) is 0 Å². The highest BCUT2D eigenvalue weighted by Gasteiger charge is 2.22. The van der Waals surface area contributed by atoms with E-state index in [0.717, 1.165) is 23.7 Å². The third-order valence-corrected chi connectivity index (χ3v) is 5.16. The Labute approximate surface area is 197 Å². The summed E-state index contributed by atoms with van der Waals surface area (Å²) in [5, 5.41) is 8.00. The predicted octanol–water partition coefficient (Wildman–Crippen LogP) is 4.57. The summed E-state index contributed by atoms with van der Waals surface area (Å²) in [7, 11) is 0. The normalized spacial score (nSPS) is 10.8. The molecule has 0 aliphatic rings. The zero-order valence-corrected chi connectivity index (χ0v) is 19.2. The van der Waals surface area contributed by atoms with E-state index < -0.39 is 11.9 Å². The molecule has 1 N–H and O–H groups in total. The molecule has 34 heavy (non-hydrogen) atoms. The minimum absolute atomic E-state index is 0.133. The number of esters is 1. The van der Waals surface area contributed by atoms with Crippen LogP contribution in [-0.2, 0) is 16.0 Å². The van der Waals surface area contributed by atoms with Crippen molar-refractivity contribution in [2.75, 3.05) is 18.5 Å². The molecule has 0 radical (unpaired) electrons. The number of benzene rings is 2. The Morgan fingerprint density at radius 3 is 2.56 bits per heavy atom. The van der Waals surface area contributed by atoms with Crippen molar-refractivity contribution in [2.45, 2.75) is 26.7 Å². The monoisotopic (exact) mass is 458 g/mol. The van der Waals surface area contributed by atoms with E-state index in [1.54, 1.807) is 13.0 Å². The van der Waals surface area contributed by atoms with Crippen molar-refractivity contribution in [1.29, 1.82) is 0 Å². The molecule has 8 nitrogen and oxygen atoms in total. The summed E-state index contributed by atoms with van der Waals surface area (Å²) in [5.41, 5.74) is 2.11. The number of pyridine rings is 1. The Balaban J connectivity index is 1.56. The SMILES string of the molecule is CCCc1ccc(OCC(=O)Nc2c(C(=O)OCC)cnn2-c2ccc3ccccc3n2)cc1. The van der Waals surface area contributed by atoms with Crippen molar-refractivity contribution >= 4 is 28.6 Å². The van der Waals surface area contributed by atoms with E-state index in [-0.39, 0.29) is 24.6 Å². The Kier molecular flexibility index (Phi) is 7.17. The fourth-order valence-corrected chi connectivity index (χ4v) is 3.53. The maximum Gasteiger partial charge on any atom is 0.343 e. The highest BCUT2D eigenvalue weighted by molar-refractivity contribution is 6.01. The number of amides is 1. The molecule has 4 rings (SSSR count). The fraction of sp³-hybridized carbons (Fsp3) is 0.231. The molecule has 0 spiro atoms. The lowest BCUT2D eigenvalue weighted by Crippen LogP contribution is -2.23. The van der Waals surface area contributed by atoms with Crippen LogP contribution in [-0.4, -0.2) is 39.9 Å². The summed E-state index contributed by atoms with van der Waals surface area (Å²) in [5.74, 6) is 0.193. The fourth-order valence-electron chi connectivity index (χ4n) is 3.53. The largest absolute Gasteiger partial charge is 0.484 e. The van der Waals surface area contributed by atoms with Gasteiger partial charge in [-0.05, 0) is 49.2 Å². The van der Waals surface area contributed by atoms with Gasteiger partial charge in [0.1, 0.15) is 11.3 Å². The third-order valence-electron chi connectivity index (χ3n) is 5.16. The molecule has 0 aliphatic carbocycles. The van der Waals surface area contributed by atoms with E-state index in [2.05, 4.69) is 22.3 Å². The smallest absolute Gasteiger partial charge is 0.343 e. The van der Waals surface area contributed by atoms with Crippen molar-refractivity contribution in [3.8, 4) is 11.6 Å². The number of nitrogens with zero attached hydrogens (tertiary/aromatic N) is 3. The molecule has 2 heterocycles. The number of aromatic nitrogens is 3. The average Bonchev–Trinajstić information content (AvgIpc) is 3.27. The van der Waals surface area contributed by atoms with Gasteiger partial charge in [-0.3, -0.25) is 4.79 Å². The molecule has 174 valence electrons. The van der Waals surface area contributed by atoms with Crippen LogP contribution in [0.5, 0.6) is 5.75 Å². The molecule has 2 aromatic heterocycles. The number of fused-ring (bicyclic) bond motifs is 1. The highest BCUT2D eigenvalue weighted by Crippen LogP contribution is 2.22. The minimum atomic E-state index is -0.586. The number of anilines is 1. The second kappa shape index (κ2) is 10.6. The second-order valence-electron chi connectivity index (χ2n) is 7.63. The second-order valence-corrected chi connectivity index (χ2v) is 7.63. The lowest BCUT2D eigenvalue weighted by Gasteiger charge is -2.12. The third kappa shape index (κ3) is 5.23. The Bertz CT molecular complexity index is 1300. The quantitative estimate of drug-likeness (QED) is 0.369. The molecule has 0 saturated carbocycles. The summed E-state index contributed by atoms with van der Waals surface area (Å²) in [6.45, 7) is 3.80. The van der Waals surface area contributed by atoms with Crippen LogP contribution in [0.1, 0.15) is 36.2 Å². The van der Waals surface area contributed by atoms with Gasteiger partial charge in [0, 0.05) is 5.39 Å². The number of aryl methyl sites for hydroxylation is 1. The molecule has 0 aliphatic heterocycles. The van der Waals surface area contributed by atoms with Crippen LogP contribution in [0.15, 0.2) is 66.9 Å². The number of rotatable bonds is 9. The number of nitrogens with one attached hydrogen (secondary N) is 1. The first-order chi connectivity index (χ1) is 16.6. The van der Waals surface area contributed by atoms with Crippen molar-refractivity contribution in [3.05, 3.63) is 78.0 Å². The van der Waals surface area contributed by atoms with Gasteiger partial charge in [-0.15, -0.1) is 0 Å². The van der Waals surface area contributed by atoms with Crippen LogP contribution in [0.2, 0.25) is 0 Å².